The standard InChI is InChI=1S/C15H20N6/c1-12-11-17-15(19-16)18-14(12)21-9-7-20(8-10-21)13-5-3-2-4-6-13/h2-6,11H,7-10,16H2,1H3,(H,17,18,19). The van der Waals surface area contributed by atoms with Crippen LogP contribution in [0.3, 0.4) is 0 Å². The monoisotopic (exact) mass is 284 g/mol. The highest BCUT2D eigenvalue weighted by atomic mass is 15.3. The van der Waals surface area contributed by atoms with Gasteiger partial charge in [0.25, 0.3) is 0 Å². The van der Waals surface area contributed by atoms with E-state index in [1.54, 1.807) is 6.20 Å². The molecule has 1 saturated heterocycles. The van der Waals surface area contributed by atoms with Gasteiger partial charge in [0.15, 0.2) is 0 Å². The number of piperazine rings is 1. The smallest absolute Gasteiger partial charge is 0.239 e. The molecule has 21 heavy (non-hydrogen) atoms. The Kier molecular flexibility index (Phi) is 3.87. The molecule has 0 radical (unpaired) electrons. The third kappa shape index (κ3) is 2.90. The van der Waals surface area contributed by atoms with Crippen molar-refractivity contribution in [2.24, 2.45) is 5.84 Å². The molecule has 1 aliphatic heterocycles. The van der Waals surface area contributed by atoms with Crippen LogP contribution in [0.25, 0.3) is 0 Å². The number of rotatable bonds is 3. The Balaban J connectivity index is 1.71. The van der Waals surface area contributed by atoms with E-state index in [4.69, 9.17) is 5.84 Å². The molecule has 2 aromatic rings. The number of aryl methyl sites for hydroxylation is 1. The van der Waals surface area contributed by atoms with Crippen LogP contribution in [0, 0.1) is 6.92 Å². The second-order valence-corrected chi connectivity index (χ2v) is 5.15. The lowest BCUT2D eigenvalue weighted by Crippen LogP contribution is -2.47. The molecule has 0 bridgehead atoms. The molecule has 0 aliphatic carbocycles. The van der Waals surface area contributed by atoms with Gasteiger partial charge in [0.05, 0.1) is 0 Å². The molecular formula is C15H20N6. The van der Waals surface area contributed by atoms with E-state index in [0.717, 1.165) is 37.6 Å². The lowest BCUT2D eigenvalue weighted by atomic mass is 10.2. The summed E-state index contributed by atoms with van der Waals surface area (Å²) in [6.45, 7) is 5.88. The van der Waals surface area contributed by atoms with Gasteiger partial charge in [-0.05, 0) is 19.1 Å². The van der Waals surface area contributed by atoms with Gasteiger partial charge in [-0.2, -0.15) is 4.98 Å². The van der Waals surface area contributed by atoms with E-state index in [2.05, 4.69) is 49.5 Å². The molecule has 0 amide bonds. The van der Waals surface area contributed by atoms with Crippen LogP contribution in [0.5, 0.6) is 0 Å². The summed E-state index contributed by atoms with van der Waals surface area (Å²) < 4.78 is 0. The lowest BCUT2D eigenvalue weighted by molar-refractivity contribution is 0.645. The fourth-order valence-electron chi connectivity index (χ4n) is 2.64. The van der Waals surface area contributed by atoms with Gasteiger partial charge in [0, 0.05) is 43.6 Å². The number of aromatic nitrogens is 2. The highest BCUT2D eigenvalue weighted by molar-refractivity contribution is 5.52. The van der Waals surface area contributed by atoms with E-state index >= 15 is 0 Å². The first-order valence-corrected chi connectivity index (χ1v) is 7.13. The predicted molar refractivity (Wildman–Crippen MR) is 85.4 cm³/mol. The van der Waals surface area contributed by atoms with Crippen LogP contribution >= 0.6 is 0 Å². The molecule has 3 N–H and O–H groups in total. The summed E-state index contributed by atoms with van der Waals surface area (Å²) >= 11 is 0. The SMILES string of the molecule is Cc1cnc(NN)nc1N1CCN(c2ccccc2)CC1. The summed E-state index contributed by atoms with van der Waals surface area (Å²) in [5, 5.41) is 0. The van der Waals surface area contributed by atoms with Gasteiger partial charge in [-0.15, -0.1) is 0 Å². The van der Waals surface area contributed by atoms with Crippen molar-refractivity contribution >= 4 is 17.5 Å². The summed E-state index contributed by atoms with van der Waals surface area (Å²) in [5.74, 6) is 6.82. The van der Waals surface area contributed by atoms with Crippen molar-refractivity contribution in [2.75, 3.05) is 41.4 Å². The zero-order valence-corrected chi connectivity index (χ0v) is 12.2. The maximum atomic E-state index is 5.39. The van der Waals surface area contributed by atoms with E-state index < -0.39 is 0 Å². The Bertz CT molecular complexity index is 592. The summed E-state index contributed by atoms with van der Waals surface area (Å²) in [7, 11) is 0. The molecule has 1 fully saturated rings. The van der Waals surface area contributed by atoms with Gasteiger partial charge >= 0.3 is 0 Å². The maximum Gasteiger partial charge on any atom is 0.239 e. The fraction of sp³-hybridized carbons (Fsp3) is 0.333. The van der Waals surface area contributed by atoms with Gasteiger partial charge in [0.1, 0.15) is 5.82 Å². The number of para-hydroxylation sites is 1. The molecule has 1 aliphatic rings. The van der Waals surface area contributed by atoms with Gasteiger partial charge in [-0.1, -0.05) is 18.2 Å². The zero-order chi connectivity index (χ0) is 14.7. The van der Waals surface area contributed by atoms with Crippen LogP contribution < -0.4 is 21.1 Å². The van der Waals surface area contributed by atoms with E-state index in [0.29, 0.717) is 5.95 Å². The second kappa shape index (κ2) is 5.97. The summed E-state index contributed by atoms with van der Waals surface area (Å²) in [6.07, 6.45) is 1.81. The second-order valence-electron chi connectivity index (χ2n) is 5.15. The number of benzene rings is 1. The molecule has 6 heteroatoms. The number of nitrogens with two attached hydrogens (primary N) is 1. The van der Waals surface area contributed by atoms with Crippen LogP contribution in [0.15, 0.2) is 36.5 Å². The van der Waals surface area contributed by atoms with Crippen LogP contribution in [-0.2, 0) is 0 Å². The van der Waals surface area contributed by atoms with E-state index in [1.165, 1.54) is 5.69 Å². The highest BCUT2D eigenvalue weighted by Gasteiger charge is 2.20. The van der Waals surface area contributed by atoms with Crippen molar-refractivity contribution in [2.45, 2.75) is 6.92 Å². The van der Waals surface area contributed by atoms with Crippen LogP contribution in [0.1, 0.15) is 5.56 Å². The maximum absolute atomic E-state index is 5.39. The largest absolute Gasteiger partial charge is 0.368 e. The van der Waals surface area contributed by atoms with Crippen LogP contribution in [0.4, 0.5) is 17.5 Å². The molecule has 0 unspecified atom stereocenters. The minimum Gasteiger partial charge on any atom is -0.368 e. The van der Waals surface area contributed by atoms with Crippen LogP contribution in [0.2, 0.25) is 0 Å². The van der Waals surface area contributed by atoms with Crippen LogP contribution in [-0.4, -0.2) is 36.1 Å². The number of nitrogens with zero attached hydrogens (tertiary/aromatic N) is 4. The first kappa shape index (κ1) is 13.6. The van der Waals surface area contributed by atoms with E-state index in [-0.39, 0.29) is 0 Å². The predicted octanol–water partition coefficient (Wildman–Crippen LogP) is 1.40. The van der Waals surface area contributed by atoms with E-state index in [9.17, 15) is 0 Å². The quantitative estimate of drug-likeness (QED) is 0.656. The number of hydrogen-bond donors (Lipinski definition) is 2. The summed E-state index contributed by atoms with van der Waals surface area (Å²) in [5.41, 5.74) is 4.86. The van der Waals surface area contributed by atoms with Crippen molar-refractivity contribution in [1.82, 2.24) is 9.97 Å². The average molecular weight is 284 g/mol. The lowest BCUT2D eigenvalue weighted by Gasteiger charge is -2.37. The van der Waals surface area contributed by atoms with Crippen molar-refractivity contribution < 1.29 is 0 Å². The zero-order valence-electron chi connectivity index (χ0n) is 12.2. The average Bonchev–Trinajstić information content (AvgIpc) is 2.56. The third-order valence-electron chi connectivity index (χ3n) is 3.77. The Hall–Kier alpha value is -2.34. The van der Waals surface area contributed by atoms with Gasteiger partial charge in [-0.3, -0.25) is 5.43 Å². The molecule has 110 valence electrons. The molecule has 3 rings (SSSR count). The molecule has 0 spiro atoms. The molecule has 6 nitrogen and oxygen atoms in total. The third-order valence-corrected chi connectivity index (χ3v) is 3.77. The summed E-state index contributed by atoms with van der Waals surface area (Å²) in [4.78, 5) is 13.3. The molecule has 0 atom stereocenters. The van der Waals surface area contributed by atoms with Gasteiger partial charge < -0.3 is 9.80 Å². The van der Waals surface area contributed by atoms with Gasteiger partial charge in [0.2, 0.25) is 5.95 Å². The van der Waals surface area contributed by atoms with Crippen molar-refractivity contribution in [3.63, 3.8) is 0 Å². The number of hydrazine groups is 1. The normalized spacial score (nSPS) is 15.1. The molecule has 0 saturated carbocycles. The van der Waals surface area contributed by atoms with Gasteiger partial charge in [-0.25, -0.2) is 10.8 Å². The van der Waals surface area contributed by atoms with Crippen molar-refractivity contribution in [3.05, 3.63) is 42.1 Å². The topological polar surface area (TPSA) is 70.3 Å². The minimum absolute atomic E-state index is 0.459. The fourth-order valence-corrected chi connectivity index (χ4v) is 2.64. The van der Waals surface area contributed by atoms with E-state index in [1.807, 2.05) is 13.0 Å². The first-order valence-electron chi connectivity index (χ1n) is 7.13. The molecule has 1 aromatic heterocycles. The number of anilines is 3. The molecule has 1 aromatic carbocycles. The van der Waals surface area contributed by atoms with Crippen molar-refractivity contribution in [3.8, 4) is 0 Å². The summed E-state index contributed by atoms with van der Waals surface area (Å²) in [6, 6.07) is 10.5. The Morgan fingerprint density at radius 3 is 2.38 bits per heavy atom. The first-order chi connectivity index (χ1) is 10.3. The minimum atomic E-state index is 0.459. The Morgan fingerprint density at radius 1 is 1.05 bits per heavy atom. The molecular weight excluding hydrogens is 264 g/mol. The Morgan fingerprint density at radius 2 is 1.71 bits per heavy atom. The van der Waals surface area contributed by atoms with Crippen molar-refractivity contribution in [1.29, 1.82) is 0 Å². The Labute approximate surface area is 124 Å². The number of hydrogen-bond acceptors (Lipinski definition) is 6. The highest BCUT2D eigenvalue weighted by Crippen LogP contribution is 2.21. The number of nitrogen functional groups attached to an aromatic ring is 1. The molecule has 2 heterocycles. The number of nitrogens with one attached hydrogen (secondary N) is 1.